The molecule has 5 nitrogen and oxygen atoms in total. The molecule has 4 aliphatic carbocycles. The van der Waals surface area contributed by atoms with E-state index in [0.29, 0.717) is 6.42 Å². The maximum atomic E-state index is 13.9. The van der Waals surface area contributed by atoms with Crippen molar-refractivity contribution in [1.29, 1.82) is 0 Å². The highest BCUT2D eigenvalue weighted by molar-refractivity contribution is 7.96. The Hall–Kier alpha value is -1.96. The van der Waals surface area contributed by atoms with E-state index >= 15 is 0 Å². The zero-order chi connectivity index (χ0) is 21.2. The van der Waals surface area contributed by atoms with Crippen LogP contribution in [0.4, 0.5) is 0 Å². The zero-order valence-corrected chi connectivity index (χ0v) is 18.3. The first-order chi connectivity index (χ1) is 14.8. The summed E-state index contributed by atoms with van der Waals surface area (Å²) in [4.78, 5) is 0.393. The first-order valence-electron chi connectivity index (χ1n) is 10.8. The van der Waals surface area contributed by atoms with Crippen LogP contribution in [0.2, 0.25) is 0 Å². The summed E-state index contributed by atoms with van der Waals surface area (Å²) in [5, 5.41) is -1.98. The lowest BCUT2D eigenvalue weighted by molar-refractivity contribution is 0.0967. The third-order valence-corrected chi connectivity index (χ3v) is 13.4. The van der Waals surface area contributed by atoms with E-state index in [1.165, 1.54) is 0 Å². The minimum Gasteiger partial charge on any atom is -0.361 e. The number of rotatable bonds is 4. The lowest BCUT2D eigenvalue weighted by Gasteiger charge is -2.36. The molecule has 7 heteroatoms. The molecule has 2 aromatic rings. The van der Waals surface area contributed by atoms with Gasteiger partial charge in [-0.3, -0.25) is 0 Å². The molecule has 5 aliphatic rings. The second-order valence-electron chi connectivity index (χ2n) is 9.62. The molecule has 1 saturated heterocycles. The average molecular weight is 455 g/mol. The lowest BCUT2D eigenvalue weighted by atomic mass is 9.73. The maximum absolute atomic E-state index is 13.9. The number of fused-ring (bicyclic) bond motifs is 4. The fourth-order valence-corrected chi connectivity index (χ4v) is 12.9. The molecule has 2 aromatic carbocycles. The number of hydrogen-bond acceptors (Lipinski definition) is 5. The normalized spacial score (nSPS) is 43.7. The Morgan fingerprint density at radius 1 is 0.645 bits per heavy atom. The Morgan fingerprint density at radius 3 is 1.48 bits per heavy atom. The molecule has 7 rings (SSSR count). The number of sulfone groups is 2. The third-order valence-electron chi connectivity index (χ3n) is 8.68. The number of hydrogen-bond donors (Lipinski definition) is 0. The van der Waals surface area contributed by atoms with Gasteiger partial charge in [0.15, 0.2) is 19.7 Å². The first-order valence-corrected chi connectivity index (χ1v) is 13.9. The second-order valence-corrected chi connectivity index (χ2v) is 13.8. The molecule has 4 bridgehead atoms. The topological polar surface area (TPSA) is 80.8 Å². The summed E-state index contributed by atoms with van der Waals surface area (Å²) in [6, 6.07) is 16.6. The summed E-state index contributed by atoms with van der Waals surface area (Å²) < 4.78 is 62.2. The van der Waals surface area contributed by atoms with Crippen LogP contribution in [0.3, 0.4) is 0 Å². The summed E-state index contributed by atoms with van der Waals surface area (Å²) in [5.41, 5.74) is -0.987. The van der Waals surface area contributed by atoms with Gasteiger partial charge in [0.25, 0.3) is 0 Å². The predicted molar refractivity (Wildman–Crippen MR) is 114 cm³/mol. The van der Waals surface area contributed by atoms with Gasteiger partial charge in [-0.05, 0) is 37.1 Å². The summed E-state index contributed by atoms with van der Waals surface area (Å²) in [7, 11) is -7.73. The van der Waals surface area contributed by atoms with Crippen molar-refractivity contribution in [2.24, 2.45) is 23.7 Å². The average Bonchev–Trinajstić information content (AvgIpc) is 3.16. The van der Waals surface area contributed by atoms with Crippen molar-refractivity contribution in [2.75, 3.05) is 0 Å². The minimum atomic E-state index is -3.86. The molecular weight excluding hydrogens is 432 g/mol. The molecule has 160 valence electrons. The van der Waals surface area contributed by atoms with Crippen LogP contribution in [-0.2, 0) is 24.4 Å². The van der Waals surface area contributed by atoms with Crippen molar-refractivity contribution < 1.29 is 21.6 Å². The van der Waals surface area contributed by atoms with Crippen LogP contribution in [0, 0.1) is 23.7 Å². The van der Waals surface area contributed by atoms with Gasteiger partial charge in [0, 0.05) is 23.7 Å². The van der Waals surface area contributed by atoms with E-state index in [2.05, 4.69) is 12.2 Å². The van der Waals surface area contributed by atoms with E-state index in [1.54, 1.807) is 60.7 Å². The molecular formula is C24H22O5S2. The molecule has 8 atom stereocenters. The lowest BCUT2D eigenvalue weighted by Crippen LogP contribution is -2.54. The Morgan fingerprint density at radius 2 is 1.06 bits per heavy atom. The van der Waals surface area contributed by atoms with Crippen molar-refractivity contribution >= 4 is 19.7 Å². The summed E-state index contributed by atoms with van der Waals surface area (Å²) in [6.45, 7) is 0. The summed E-state index contributed by atoms with van der Waals surface area (Å²) in [5.74, 6) is -0.208. The van der Waals surface area contributed by atoms with Gasteiger partial charge in [-0.25, -0.2) is 16.8 Å². The van der Waals surface area contributed by atoms with Crippen LogP contribution in [0.15, 0.2) is 82.6 Å². The van der Waals surface area contributed by atoms with Crippen LogP contribution in [0.25, 0.3) is 0 Å². The largest absolute Gasteiger partial charge is 0.361 e. The molecule has 3 saturated carbocycles. The van der Waals surface area contributed by atoms with E-state index in [9.17, 15) is 16.8 Å². The van der Waals surface area contributed by atoms with E-state index in [1.807, 2.05) is 0 Å². The van der Waals surface area contributed by atoms with E-state index in [4.69, 9.17) is 4.74 Å². The van der Waals surface area contributed by atoms with Crippen molar-refractivity contribution in [3.05, 3.63) is 72.8 Å². The molecule has 1 heterocycles. The van der Waals surface area contributed by atoms with Crippen molar-refractivity contribution in [3.8, 4) is 0 Å². The highest BCUT2D eigenvalue weighted by Crippen LogP contribution is 2.84. The number of epoxide rings is 1. The van der Waals surface area contributed by atoms with Gasteiger partial charge in [0.1, 0.15) is 11.2 Å². The second kappa shape index (κ2) is 5.50. The van der Waals surface area contributed by atoms with Crippen molar-refractivity contribution in [2.45, 2.75) is 44.3 Å². The fraction of sp³-hybridized carbons (Fsp3) is 0.417. The Bertz CT molecular complexity index is 1230. The molecule has 0 aromatic heterocycles. The highest BCUT2D eigenvalue weighted by Gasteiger charge is 2.94. The van der Waals surface area contributed by atoms with Crippen LogP contribution in [-0.4, -0.2) is 38.5 Å². The Labute approximate surface area is 182 Å². The quantitative estimate of drug-likeness (QED) is 0.524. The molecule has 1 aliphatic heterocycles. The molecule has 0 amide bonds. The summed E-state index contributed by atoms with van der Waals surface area (Å²) in [6.07, 6.45) is 5.89. The predicted octanol–water partition coefficient (Wildman–Crippen LogP) is 3.03. The van der Waals surface area contributed by atoms with Crippen LogP contribution >= 0.6 is 0 Å². The minimum absolute atomic E-state index is 0.196. The van der Waals surface area contributed by atoms with Gasteiger partial charge in [-0.15, -0.1) is 0 Å². The van der Waals surface area contributed by atoms with Gasteiger partial charge in [-0.1, -0.05) is 48.6 Å². The molecule has 0 radical (unpaired) electrons. The number of benzene rings is 2. The smallest absolute Gasteiger partial charge is 0.182 e. The zero-order valence-electron chi connectivity index (χ0n) is 16.7. The van der Waals surface area contributed by atoms with Crippen LogP contribution in [0.1, 0.15) is 12.8 Å². The third kappa shape index (κ3) is 1.90. The molecule has 0 unspecified atom stereocenters. The van der Waals surface area contributed by atoms with Crippen molar-refractivity contribution in [1.82, 2.24) is 0 Å². The maximum Gasteiger partial charge on any atom is 0.182 e. The Balaban J connectivity index is 1.44. The SMILES string of the molecule is O=S(=O)(c1ccccc1)[C@@H]1[C@H](S(=O)(=O)c2ccccc2)[C@H]2C[C@@H]1[C@]13O[C@@]21[C@H]1C=C[C@H]3C1. The van der Waals surface area contributed by atoms with E-state index in [0.717, 1.165) is 6.42 Å². The van der Waals surface area contributed by atoms with Gasteiger partial charge in [0.2, 0.25) is 0 Å². The van der Waals surface area contributed by atoms with Crippen molar-refractivity contribution in [3.63, 3.8) is 0 Å². The van der Waals surface area contributed by atoms with Gasteiger partial charge >= 0.3 is 0 Å². The number of ether oxygens (including phenoxy) is 1. The van der Waals surface area contributed by atoms with E-state index < -0.39 is 41.4 Å². The van der Waals surface area contributed by atoms with Gasteiger partial charge < -0.3 is 4.74 Å². The summed E-state index contributed by atoms with van der Waals surface area (Å²) >= 11 is 0. The highest BCUT2D eigenvalue weighted by atomic mass is 32.2. The standard InChI is InChI=1S/C24H22O5S2/c25-30(26,17-7-3-1-4-8-17)21-19-14-20(22(21)31(27,28)18-9-5-2-6-10-18)24-16-12-11-15(13-16)23(19,24)29-24/h1-12,15-16,19-22H,13-14H2/t15-,16-,19-,20+,21-,22+,23-,24-/m0/s1. The fourth-order valence-electron chi connectivity index (χ4n) is 7.76. The van der Waals surface area contributed by atoms with E-state index in [-0.39, 0.29) is 33.5 Å². The Kier molecular flexibility index (Phi) is 3.30. The molecule has 0 spiro atoms. The van der Waals surface area contributed by atoms with Gasteiger partial charge in [0.05, 0.1) is 20.3 Å². The van der Waals surface area contributed by atoms with Crippen LogP contribution in [0.5, 0.6) is 0 Å². The first kappa shape index (κ1) is 18.6. The molecule has 4 fully saturated rings. The molecule has 31 heavy (non-hydrogen) atoms. The van der Waals surface area contributed by atoms with Gasteiger partial charge in [-0.2, -0.15) is 0 Å². The monoisotopic (exact) mass is 454 g/mol. The molecule has 0 N–H and O–H groups in total. The van der Waals surface area contributed by atoms with Crippen LogP contribution < -0.4 is 0 Å².